The first kappa shape index (κ1) is 10.2. The summed E-state index contributed by atoms with van der Waals surface area (Å²) in [4.78, 5) is 18.5. The number of carbonyl (C=O) groups is 1. The van der Waals surface area contributed by atoms with Crippen LogP contribution in [0.2, 0.25) is 0 Å². The highest BCUT2D eigenvalue weighted by molar-refractivity contribution is 5.96. The zero-order valence-corrected chi connectivity index (χ0v) is 8.60. The third kappa shape index (κ3) is 2.20. The van der Waals surface area contributed by atoms with E-state index < -0.39 is 0 Å². The molecule has 0 saturated carbocycles. The van der Waals surface area contributed by atoms with Crippen LogP contribution in [0.15, 0.2) is 36.8 Å². The van der Waals surface area contributed by atoms with E-state index in [1.54, 1.807) is 24.5 Å². The normalized spacial score (nSPS) is 10.0. The highest BCUT2D eigenvalue weighted by Crippen LogP contribution is 2.06. The number of nitrogens with one attached hydrogen (secondary N) is 2. The number of hydrogen-bond donors (Lipinski definition) is 3. The summed E-state index contributed by atoms with van der Waals surface area (Å²) in [5, 5.41) is 2.74. The molecule has 1 amide bonds. The molecule has 0 aliphatic carbocycles. The fraction of sp³-hybridized carbons (Fsp3) is 0.0909. The molecule has 0 bridgehead atoms. The molecular formula is C11H12N4O. The van der Waals surface area contributed by atoms with Crippen molar-refractivity contribution in [2.45, 2.75) is 6.54 Å². The second-order valence-electron chi connectivity index (χ2n) is 3.34. The number of rotatable bonds is 3. The van der Waals surface area contributed by atoms with E-state index in [0.717, 1.165) is 5.56 Å². The van der Waals surface area contributed by atoms with E-state index in [1.165, 1.54) is 0 Å². The zero-order chi connectivity index (χ0) is 11.4. The number of nitrogen functional groups attached to an aromatic ring is 1. The van der Waals surface area contributed by atoms with Crippen molar-refractivity contribution in [3.05, 3.63) is 48.0 Å². The van der Waals surface area contributed by atoms with Gasteiger partial charge in [0.1, 0.15) is 0 Å². The molecular weight excluding hydrogens is 204 g/mol. The fourth-order valence-electron chi connectivity index (χ4n) is 1.34. The molecule has 0 spiro atoms. The molecule has 0 atom stereocenters. The molecule has 2 rings (SSSR count). The monoisotopic (exact) mass is 216 g/mol. The first-order valence-electron chi connectivity index (χ1n) is 4.88. The number of pyridine rings is 1. The molecule has 2 aromatic rings. The number of amides is 1. The van der Waals surface area contributed by atoms with Gasteiger partial charge in [-0.15, -0.1) is 0 Å². The maximum Gasteiger partial charge on any atom is 0.272 e. The molecule has 82 valence electrons. The van der Waals surface area contributed by atoms with Crippen LogP contribution in [0.1, 0.15) is 16.1 Å². The molecule has 0 radical (unpaired) electrons. The van der Waals surface area contributed by atoms with Gasteiger partial charge in [0.15, 0.2) is 5.69 Å². The average Bonchev–Trinajstić information content (AvgIpc) is 2.79. The summed E-state index contributed by atoms with van der Waals surface area (Å²) < 4.78 is 0. The van der Waals surface area contributed by atoms with E-state index in [4.69, 9.17) is 5.73 Å². The summed E-state index contributed by atoms with van der Waals surface area (Å²) in [6, 6.07) is 5.23. The summed E-state index contributed by atoms with van der Waals surface area (Å²) in [6.07, 6.45) is 5.17. The lowest BCUT2D eigenvalue weighted by atomic mass is 10.2. The smallest absolute Gasteiger partial charge is 0.272 e. The van der Waals surface area contributed by atoms with Crippen molar-refractivity contribution in [2.24, 2.45) is 0 Å². The van der Waals surface area contributed by atoms with Crippen LogP contribution in [0.3, 0.4) is 0 Å². The molecule has 2 heterocycles. The first-order chi connectivity index (χ1) is 7.77. The minimum Gasteiger partial charge on any atom is -0.397 e. The second-order valence-corrected chi connectivity index (χ2v) is 3.34. The van der Waals surface area contributed by atoms with Gasteiger partial charge in [0, 0.05) is 25.1 Å². The van der Waals surface area contributed by atoms with Crippen molar-refractivity contribution in [1.82, 2.24) is 15.3 Å². The lowest BCUT2D eigenvalue weighted by molar-refractivity contribution is 0.0947. The molecule has 0 aliphatic rings. The van der Waals surface area contributed by atoms with E-state index in [9.17, 15) is 4.79 Å². The van der Waals surface area contributed by atoms with E-state index in [0.29, 0.717) is 12.2 Å². The molecule has 5 nitrogen and oxygen atoms in total. The van der Waals surface area contributed by atoms with E-state index in [-0.39, 0.29) is 11.6 Å². The number of aromatic amines is 1. The van der Waals surface area contributed by atoms with Crippen LogP contribution in [-0.2, 0) is 6.54 Å². The van der Waals surface area contributed by atoms with Crippen LogP contribution in [-0.4, -0.2) is 15.9 Å². The first-order valence-corrected chi connectivity index (χ1v) is 4.88. The second kappa shape index (κ2) is 4.48. The summed E-state index contributed by atoms with van der Waals surface area (Å²) in [6.45, 7) is 0.457. The Morgan fingerprint density at radius 3 is 3.06 bits per heavy atom. The number of hydrogen-bond acceptors (Lipinski definition) is 3. The quantitative estimate of drug-likeness (QED) is 0.713. The highest BCUT2D eigenvalue weighted by atomic mass is 16.1. The van der Waals surface area contributed by atoms with Crippen LogP contribution in [0.5, 0.6) is 0 Å². The molecule has 0 aliphatic heterocycles. The SMILES string of the molecule is Nc1cccnc1C(=O)NCc1cc[nH]c1. The minimum absolute atomic E-state index is 0.262. The van der Waals surface area contributed by atoms with Crippen LogP contribution in [0.4, 0.5) is 5.69 Å². The molecule has 0 unspecified atom stereocenters. The summed E-state index contributed by atoms with van der Waals surface area (Å²) in [5.74, 6) is -0.265. The van der Waals surface area contributed by atoms with Gasteiger partial charge in [-0.2, -0.15) is 0 Å². The fourth-order valence-corrected chi connectivity index (χ4v) is 1.34. The number of nitrogens with two attached hydrogens (primary N) is 1. The van der Waals surface area contributed by atoms with E-state index >= 15 is 0 Å². The number of carbonyl (C=O) groups excluding carboxylic acids is 1. The van der Waals surface area contributed by atoms with Crippen molar-refractivity contribution in [3.8, 4) is 0 Å². The van der Waals surface area contributed by atoms with Crippen LogP contribution in [0, 0.1) is 0 Å². The van der Waals surface area contributed by atoms with E-state index in [2.05, 4.69) is 15.3 Å². The zero-order valence-electron chi connectivity index (χ0n) is 8.60. The van der Waals surface area contributed by atoms with Crippen molar-refractivity contribution in [2.75, 3.05) is 5.73 Å². The Bertz CT molecular complexity index is 478. The average molecular weight is 216 g/mol. The van der Waals surface area contributed by atoms with Gasteiger partial charge in [-0.05, 0) is 23.8 Å². The lowest BCUT2D eigenvalue weighted by Gasteiger charge is -2.04. The van der Waals surface area contributed by atoms with Gasteiger partial charge in [-0.1, -0.05) is 0 Å². The third-order valence-electron chi connectivity index (χ3n) is 2.17. The summed E-state index contributed by atoms with van der Waals surface area (Å²) in [7, 11) is 0. The maximum atomic E-state index is 11.7. The van der Waals surface area contributed by atoms with Gasteiger partial charge >= 0.3 is 0 Å². The van der Waals surface area contributed by atoms with Crippen molar-refractivity contribution in [3.63, 3.8) is 0 Å². The third-order valence-corrected chi connectivity index (χ3v) is 2.17. The Balaban J connectivity index is 2.01. The van der Waals surface area contributed by atoms with Gasteiger partial charge < -0.3 is 16.0 Å². The lowest BCUT2D eigenvalue weighted by Crippen LogP contribution is -2.24. The Morgan fingerprint density at radius 2 is 2.38 bits per heavy atom. The Morgan fingerprint density at radius 1 is 1.50 bits per heavy atom. The van der Waals surface area contributed by atoms with Crippen LogP contribution >= 0.6 is 0 Å². The van der Waals surface area contributed by atoms with Gasteiger partial charge in [0.25, 0.3) is 5.91 Å². The van der Waals surface area contributed by atoms with Gasteiger partial charge in [0.2, 0.25) is 0 Å². The molecule has 2 aromatic heterocycles. The number of H-pyrrole nitrogens is 1. The van der Waals surface area contributed by atoms with Gasteiger partial charge in [-0.3, -0.25) is 4.79 Å². The predicted molar refractivity (Wildman–Crippen MR) is 60.6 cm³/mol. The highest BCUT2D eigenvalue weighted by Gasteiger charge is 2.09. The molecule has 5 heteroatoms. The number of nitrogens with zero attached hydrogens (tertiary/aromatic N) is 1. The number of aromatic nitrogens is 2. The maximum absolute atomic E-state index is 11.7. The molecule has 0 saturated heterocycles. The predicted octanol–water partition coefficient (Wildman–Crippen LogP) is 0.922. The van der Waals surface area contributed by atoms with Crippen molar-refractivity contribution in [1.29, 1.82) is 0 Å². The van der Waals surface area contributed by atoms with Crippen LogP contribution in [0.25, 0.3) is 0 Å². The summed E-state index contributed by atoms with van der Waals surface area (Å²) >= 11 is 0. The van der Waals surface area contributed by atoms with Crippen LogP contribution < -0.4 is 11.1 Å². The summed E-state index contributed by atoms with van der Waals surface area (Å²) in [5.41, 5.74) is 7.29. The minimum atomic E-state index is -0.265. The molecule has 0 fully saturated rings. The number of anilines is 1. The Hall–Kier alpha value is -2.30. The van der Waals surface area contributed by atoms with Crippen molar-refractivity contribution >= 4 is 11.6 Å². The van der Waals surface area contributed by atoms with Gasteiger partial charge in [0.05, 0.1) is 5.69 Å². The standard InChI is InChI=1S/C11H12N4O/c12-9-2-1-4-14-10(9)11(16)15-7-8-3-5-13-6-8/h1-6,13H,7,12H2,(H,15,16). The molecule has 4 N–H and O–H groups in total. The largest absolute Gasteiger partial charge is 0.397 e. The van der Waals surface area contributed by atoms with Gasteiger partial charge in [-0.25, -0.2) is 4.98 Å². The van der Waals surface area contributed by atoms with Crippen molar-refractivity contribution < 1.29 is 4.79 Å². The molecule has 16 heavy (non-hydrogen) atoms. The topological polar surface area (TPSA) is 83.8 Å². The van der Waals surface area contributed by atoms with E-state index in [1.807, 2.05) is 12.3 Å². The Kier molecular flexibility index (Phi) is 2.86. The Labute approximate surface area is 92.7 Å². The molecule has 0 aromatic carbocycles.